The average Bonchev–Trinajstić information content (AvgIpc) is 2.28. The summed E-state index contributed by atoms with van der Waals surface area (Å²) < 4.78 is 0. The van der Waals surface area contributed by atoms with Gasteiger partial charge in [0, 0.05) is 6.54 Å². The van der Waals surface area contributed by atoms with Gasteiger partial charge in [0.25, 0.3) is 0 Å². The van der Waals surface area contributed by atoms with Gasteiger partial charge >= 0.3 is 0 Å². The largest absolute Gasteiger partial charge is 0.788 e. The van der Waals surface area contributed by atoms with Crippen molar-refractivity contribution in [3.05, 3.63) is 28.5 Å². The molecule has 0 unspecified atom stereocenters. The van der Waals surface area contributed by atoms with E-state index in [0.717, 1.165) is 18.8 Å². The maximum atomic E-state index is 10.1. The van der Waals surface area contributed by atoms with E-state index in [0.29, 0.717) is 6.54 Å². The monoisotopic (exact) mass is 224 g/mol. The molecule has 0 aliphatic rings. The summed E-state index contributed by atoms with van der Waals surface area (Å²) in [5, 5.41) is 10.1. The molecule has 0 amide bonds. The van der Waals surface area contributed by atoms with Crippen molar-refractivity contribution in [2.24, 2.45) is 5.92 Å². The smallest absolute Gasteiger partial charge is 0.00197 e. The van der Waals surface area contributed by atoms with Crippen LogP contribution in [-0.4, -0.2) is 6.54 Å². The van der Waals surface area contributed by atoms with Crippen LogP contribution in [0, 0.1) is 11.1 Å². The molecule has 0 aromatic heterocycles. The Bertz CT molecular complexity index is 227. The van der Waals surface area contributed by atoms with Crippen molar-refractivity contribution in [3.8, 4) is 0 Å². The Balaban J connectivity index is 3.98. The van der Waals surface area contributed by atoms with Gasteiger partial charge in [0.05, 0.1) is 0 Å². The second-order valence-electron chi connectivity index (χ2n) is 4.40. The first-order chi connectivity index (χ1) is 7.65. The first kappa shape index (κ1) is 15.4. The topological polar surface area (TPSA) is 35.1 Å². The Morgan fingerprint density at radius 1 is 1.19 bits per heavy atom. The average molecular weight is 224 g/mol. The highest BCUT2D eigenvalue weighted by molar-refractivity contribution is 5.06. The number of hydrogen-bond acceptors (Lipinski definition) is 2. The molecular weight excluding hydrogens is 198 g/mol. The Kier molecular flexibility index (Phi) is 9.25. The molecule has 0 bridgehead atoms. The molecule has 0 radical (unpaired) electrons. The first-order valence-electron chi connectivity index (χ1n) is 6.32. The summed E-state index contributed by atoms with van der Waals surface area (Å²) in [7, 11) is 0. The number of nitrogens with one attached hydrogen (secondary N) is 1. The number of rotatable bonds is 8. The zero-order chi connectivity index (χ0) is 12.4. The summed E-state index contributed by atoms with van der Waals surface area (Å²) in [6.07, 6.45) is 8.91. The molecule has 2 heteroatoms. The molecular formula is C14H26NO-. The third-order valence-corrected chi connectivity index (χ3v) is 3.17. The highest BCUT2D eigenvalue weighted by Crippen LogP contribution is 2.19. The highest BCUT2D eigenvalue weighted by Gasteiger charge is 2.04. The molecule has 2 nitrogen and oxygen atoms in total. The summed E-state index contributed by atoms with van der Waals surface area (Å²) >= 11 is 0. The van der Waals surface area contributed by atoms with Crippen LogP contribution in [-0.2, 0) is 0 Å². The predicted octanol–water partition coefficient (Wildman–Crippen LogP) is 4.18. The minimum atomic E-state index is 0.432. The summed E-state index contributed by atoms with van der Waals surface area (Å²) in [5.41, 5.74) is 4.69. The standard InChI is InChI=1S/C14H26NO/c1-5-14(6-2)13(4)9-7-8-12(3)10-11-15-16/h9-10,14-15H,5-8,11H2,1-4H3/q-1/b12-10+,13-9+. The SMILES string of the molecule is CCC(CC)/C(C)=C/CC/C(C)=C/CN[O-]. The summed E-state index contributed by atoms with van der Waals surface area (Å²) in [4.78, 5) is 0. The van der Waals surface area contributed by atoms with Gasteiger partial charge in [-0.25, -0.2) is 0 Å². The first-order valence-corrected chi connectivity index (χ1v) is 6.32. The third kappa shape index (κ3) is 6.81. The van der Waals surface area contributed by atoms with Crippen molar-refractivity contribution in [1.82, 2.24) is 5.48 Å². The van der Waals surface area contributed by atoms with Crippen LogP contribution in [0.1, 0.15) is 53.4 Å². The van der Waals surface area contributed by atoms with Gasteiger partial charge in [-0.2, -0.15) is 0 Å². The van der Waals surface area contributed by atoms with Crippen LogP contribution in [0.2, 0.25) is 0 Å². The van der Waals surface area contributed by atoms with Gasteiger partial charge in [-0.05, 0) is 45.4 Å². The van der Waals surface area contributed by atoms with Gasteiger partial charge in [0.15, 0.2) is 0 Å². The van der Waals surface area contributed by atoms with Crippen molar-refractivity contribution in [2.75, 3.05) is 6.54 Å². The van der Waals surface area contributed by atoms with Crippen LogP contribution < -0.4 is 5.48 Å². The van der Waals surface area contributed by atoms with Gasteiger partial charge < -0.3 is 10.7 Å². The van der Waals surface area contributed by atoms with E-state index in [1.54, 1.807) is 0 Å². The van der Waals surface area contributed by atoms with Crippen LogP contribution in [0.15, 0.2) is 23.3 Å². The van der Waals surface area contributed by atoms with Crippen LogP contribution >= 0.6 is 0 Å². The molecule has 0 aromatic rings. The van der Waals surface area contributed by atoms with Crippen molar-refractivity contribution in [3.63, 3.8) is 0 Å². The lowest BCUT2D eigenvalue weighted by molar-refractivity contribution is 0.569. The Morgan fingerprint density at radius 3 is 2.31 bits per heavy atom. The molecule has 0 aliphatic heterocycles. The van der Waals surface area contributed by atoms with E-state index in [2.05, 4.69) is 33.8 Å². The predicted molar refractivity (Wildman–Crippen MR) is 72.2 cm³/mol. The lowest BCUT2D eigenvalue weighted by atomic mass is 9.93. The number of hydroxylamine groups is 1. The van der Waals surface area contributed by atoms with Crippen LogP contribution in [0.3, 0.4) is 0 Å². The quantitative estimate of drug-likeness (QED) is 0.496. The van der Waals surface area contributed by atoms with Crippen molar-refractivity contribution >= 4 is 0 Å². The van der Waals surface area contributed by atoms with Crippen LogP contribution in [0.5, 0.6) is 0 Å². The fraction of sp³-hybridized carbons (Fsp3) is 0.714. The molecule has 0 heterocycles. The Hall–Kier alpha value is -0.600. The fourth-order valence-electron chi connectivity index (χ4n) is 1.94. The second-order valence-corrected chi connectivity index (χ2v) is 4.40. The van der Waals surface area contributed by atoms with E-state index in [1.807, 2.05) is 11.6 Å². The van der Waals surface area contributed by atoms with E-state index in [1.165, 1.54) is 24.0 Å². The molecule has 1 N–H and O–H groups in total. The number of hydrogen-bond donors (Lipinski definition) is 1. The van der Waals surface area contributed by atoms with Gasteiger partial charge in [-0.1, -0.05) is 37.1 Å². The fourth-order valence-corrected chi connectivity index (χ4v) is 1.94. The van der Waals surface area contributed by atoms with Crippen LogP contribution in [0.4, 0.5) is 0 Å². The van der Waals surface area contributed by atoms with E-state index in [9.17, 15) is 5.21 Å². The molecule has 94 valence electrons. The molecule has 0 saturated heterocycles. The lowest BCUT2D eigenvalue weighted by Crippen LogP contribution is -2.02. The summed E-state index contributed by atoms with van der Waals surface area (Å²) in [5.74, 6) is 0.743. The molecule has 0 aromatic carbocycles. The maximum Gasteiger partial charge on any atom is 0.00197 e. The van der Waals surface area contributed by atoms with Gasteiger partial charge in [-0.15, -0.1) is 0 Å². The Labute approximate surface area is 100 Å². The molecule has 0 fully saturated rings. The van der Waals surface area contributed by atoms with E-state index in [-0.39, 0.29) is 0 Å². The third-order valence-electron chi connectivity index (χ3n) is 3.17. The van der Waals surface area contributed by atoms with Crippen molar-refractivity contribution in [2.45, 2.75) is 53.4 Å². The molecule has 0 aliphatic carbocycles. The second kappa shape index (κ2) is 9.61. The highest BCUT2D eigenvalue weighted by atomic mass is 16.5. The van der Waals surface area contributed by atoms with E-state index >= 15 is 0 Å². The zero-order valence-electron chi connectivity index (χ0n) is 11.2. The van der Waals surface area contributed by atoms with E-state index in [4.69, 9.17) is 0 Å². The van der Waals surface area contributed by atoms with E-state index < -0.39 is 0 Å². The summed E-state index contributed by atoms with van der Waals surface area (Å²) in [6.45, 7) is 9.24. The van der Waals surface area contributed by atoms with Gasteiger partial charge in [-0.3, -0.25) is 0 Å². The van der Waals surface area contributed by atoms with Crippen molar-refractivity contribution in [1.29, 1.82) is 0 Å². The van der Waals surface area contributed by atoms with Gasteiger partial charge in [0.2, 0.25) is 0 Å². The molecule has 0 atom stereocenters. The maximum absolute atomic E-state index is 10.1. The Morgan fingerprint density at radius 2 is 1.81 bits per heavy atom. The lowest BCUT2D eigenvalue weighted by Gasteiger charge is -2.13. The minimum Gasteiger partial charge on any atom is -0.788 e. The normalized spacial score (nSPS) is 13.6. The molecule has 0 spiro atoms. The molecule has 16 heavy (non-hydrogen) atoms. The summed E-state index contributed by atoms with van der Waals surface area (Å²) in [6, 6.07) is 0. The van der Waals surface area contributed by atoms with Crippen LogP contribution in [0.25, 0.3) is 0 Å². The number of allylic oxidation sites excluding steroid dienone is 3. The van der Waals surface area contributed by atoms with Crippen molar-refractivity contribution < 1.29 is 0 Å². The zero-order valence-corrected chi connectivity index (χ0v) is 11.2. The minimum absolute atomic E-state index is 0.432. The van der Waals surface area contributed by atoms with Gasteiger partial charge in [0.1, 0.15) is 0 Å². The molecule has 0 rings (SSSR count). The molecule has 0 saturated carbocycles.